The number of nitrogens with zero attached hydrogens (tertiary/aromatic N) is 2. The van der Waals surface area contributed by atoms with Gasteiger partial charge in [-0.05, 0) is 30.8 Å². The van der Waals surface area contributed by atoms with Crippen molar-refractivity contribution in [1.29, 1.82) is 0 Å². The molecule has 0 saturated heterocycles. The van der Waals surface area contributed by atoms with Crippen molar-refractivity contribution in [2.75, 3.05) is 5.32 Å². The predicted molar refractivity (Wildman–Crippen MR) is 65.3 cm³/mol. The minimum Gasteiger partial charge on any atom is -0.378 e. The van der Waals surface area contributed by atoms with Crippen LogP contribution in [0.5, 0.6) is 0 Å². The first-order valence-corrected chi connectivity index (χ1v) is 6.15. The summed E-state index contributed by atoms with van der Waals surface area (Å²) in [6.07, 6.45) is -1.06. The monoisotopic (exact) mass is 262 g/mol. The molecule has 0 fully saturated rings. The Kier molecular flexibility index (Phi) is 2.57. The number of carbonyl (C=O) groups excluding carboxylic acids is 1. The number of nitrogens with one attached hydrogen (secondary N) is 2. The van der Waals surface area contributed by atoms with Crippen LogP contribution in [0.4, 0.5) is 5.69 Å². The van der Waals surface area contributed by atoms with Crippen molar-refractivity contribution in [3.8, 4) is 0 Å². The molecule has 92 valence electrons. The van der Waals surface area contributed by atoms with Gasteiger partial charge in [-0.3, -0.25) is 9.89 Å². The summed E-state index contributed by atoms with van der Waals surface area (Å²) in [5, 5.41) is 19.6. The molecule has 1 aliphatic rings. The number of hydrogen-bond donors (Lipinski definition) is 3. The Bertz CT molecular complexity index is 625. The number of aliphatic hydroxyl groups excluding tert-OH is 1. The summed E-state index contributed by atoms with van der Waals surface area (Å²) in [6, 6.07) is 5.37. The van der Waals surface area contributed by atoms with E-state index < -0.39 is 6.10 Å². The fourth-order valence-corrected chi connectivity index (χ4v) is 2.56. The SMILES string of the molecule is Cc1nc(Sc2ccc3c(c2)NC(=O)C3O)n[nH]1. The molecule has 1 aromatic heterocycles. The molecule has 2 aromatic rings. The van der Waals surface area contributed by atoms with Crippen molar-refractivity contribution >= 4 is 23.4 Å². The number of carbonyl (C=O) groups is 1. The van der Waals surface area contributed by atoms with E-state index in [0.717, 1.165) is 10.7 Å². The third-order valence-electron chi connectivity index (χ3n) is 2.61. The van der Waals surface area contributed by atoms with Crippen LogP contribution in [0.25, 0.3) is 0 Å². The highest BCUT2D eigenvalue weighted by Gasteiger charge is 2.28. The van der Waals surface area contributed by atoms with Gasteiger partial charge in [-0.25, -0.2) is 4.98 Å². The molecule has 0 spiro atoms. The van der Waals surface area contributed by atoms with Crippen LogP contribution in [0, 0.1) is 6.92 Å². The van der Waals surface area contributed by atoms with Gasteiger partial charge in [0.1, 0.15) is 5.82 Å². The van der Waals surface area contributed by atoms with E-state index in [9.17, 15) is 9.90 Å². The van der Waals surface area contributed by atoms with E-state index in [0.29, 0.717) is 16.4 Å². The van der Waals surface area contributed by atoms with Gasteiger partial charge >= 0.3 is 0 Å². The lowest BCUT2D eigenvalue weighted by molar-refractivity contribution is -0.123. The predicted octanol–water partition coefficient (Wildman–Crippen LogP) is 1.25. The van der Waals surface area contributed by atoms with Crippen molar-refractivity contribution in [3.63, 3.8) is 0 Å². The van der Waals surface area contributed by atoms with Gasteiger partial charge in [0, 0.05) is 16.1 Å². The molecule has 18 heavy (non-hydrogen) atoms. The molecule has 0 bridgehead atoms. The molecule has 3 rings (SSSR count). The number of aryl methyl sites for hydroxylation is 1. The van der Waals surface area contributed by atoms with Crippen LogP contribution in [-0.2, 0) is 4.79 Å². The largest absolute Gasteiger partial charge is 0.378 e. The van der Waals surface area contributed by atoms with Gasteiger partial charge in [0.05, 0.1) is 0 Å². The van der Waals surface area contributed by atoms with Gasteiger partial charge < -0.3 is 10.4 Å². The van der Waals surface area contributed by atoms with E-state index in [2.05, 4.69) is 20.5 Å². The summed E-state index contributed by atoms with van der Waals surface area (Å²) in [7, 11) is 0. The Balaban J connectivity index is 1.88. The number of aromatic amines is 1. The minimum absolute atomic E-state index is 0.388. The van der Waals surface area contributed by atoms with E-state index >= 15 is 0 Å². The highest BCUT2D eigenvalue weighted by atomic mass is 32.2. The van der Waals surface area contributed by atoms with E-state index in [4.69, 9.17) is 0 Å². The van der Waals surface area contributed by atoms with Crippen molar-refractivity contribution in [2.24, 2.45) is 0 Å². The molecule has 1 atom stereocenters. The fraction of sp³-hybridized carbons (Fsp3) is 0.182. The number of hydrogen-bond acceptors (Lipinski definition) is 5. The molecule has 1 aromatic carbocycles. The molecule has 1 amide bonds. The van der Waals surface area contributed by atoms with Gasteiger partial charge in [-0.15, -0.1) is 5.10 Å². The van der Waals surface area contributed by atoms with Crippen molar-refractivity contribution in [3.05, 3.63) is 29.6 Å². The van der Waals surface area contributed by atoms with E-state index in [1.165, 1.54) is 11.8 Å². The highest BCUT2D eigenvalue weighted by molar-refractivity contribution is 7.99. The minimum atomic E-state index is -1.06. The molecule has 2 heterocycles. The Hall–Kier alpha value is -1.86. The molecule has 1 unspecified atom stereocenters. The summed E-state index contributed by atoms with van der Waals surface area (Å²) < 4.78 is 0. The summed E-state index contributed by atoms with van der Waals surface area (Å²) in [6.45, 7) is 1.83. The average Bonchev–Trinajstić information content (AvgIpc) is 2.85. The maximum Gasteiger partial charge on any atom is 0.257 e. The van der Waals surface area contributed by atoms with Crippen LogP contribution in [0.2, 0.25) is 0 Å². The number of aliphatic hydroxyl groups is 1. The van der Waals surface area contributed by atoms with Gasteiger partial charge in [0.15, 0.2) is 6.10 Å². The number of fused-ring (bicyclic) bond motifs is 1. The second-order valence-electron chi connectivity index (χ2n) is 3.95. The number of aromatic nitrogens is 3. The van der Waals surface area contributed by atoms with Gasteiger partial charge in [0.2, 0.25) is 5.16 Å². The van der Waals surface area contributed by atoms with Crippen molar-refractivity contribution in [2.45, 2.75) is 23.1 Å². The first-order valence-electron chi connectivity index (χ1n) is 5.33. The quantitative estimate of drug-likeness (QED) is 0.757. The maximum atomic E-state index is 11.3. The zero-order chi connectivity index (χ0) is 12.7. The van der Waals surface area contributed by atoms with Crippen LogP contribution in [-0.4, -0.2) is 26.2 Å². The number of benzene rings is 1. The van der Waals surface area contributed by atoms with Crippen molar-refractivity contribution in [1.82, 2.24) is 15.2 Å². The topological polar surface area (TPSA) is 90.9 Å². The smallest absolute Gasteiger partial charge is 0.257 e. The van der Waals surface area contributed by atoms with E-state index in [1.807, 2.05) is 13.0 Å². The number of amides is 1. The fourth-order valence-electron chi connectivity index (χ4n) is 1.76. The van der Waals surface area contributed by atoms with Gasteiger partial charge in [0.25, 0.3) is 5.91 Å². The Labute approximate surface area is 107 Å². The molecule has 7 heteroatoms. The Morgan fingerprint density at radius 1 is 1.44 bits per heavy atom. The standard InChI is InChI=1S/C11H10N4O2S/c1-5-12-11(15-14-5)18-6-2-3-7-8(4-6)13-10(17)9(7)16/h2-4,9,16H,1H3,(H,13,17)(H,12,14,15). The number of H-pyrrole nitrogens is 1. The van der Waals surface area contributed by atoms with Crippen LogP contribution in [0.15, 0.2) is 28.3 Å². The van der Waals surface area contributed by atoms with Crippen LogP contribution < -0.4 is 5.32 Å². The molecule has 0 saturated carbocycles. The second kappa shape index (κ2) is 4.11. The van der Waals surface area contributed by atoms with Crippen molar-refractivity contribution < 1.29 is 9.90 Å². The third-order valence-corrected chi connectivity index (χ3v) is 3.47. The maximum absolute atomic E-state index is 11.3. The second-order valence-corrected chi connectivity index (χ2v) is 4.99. The molecule has 6 nitrogen and oxygen atoms in total. The Morgan fingerprint density at radius 2 is 2.28 bits per heavy atom. The molecular weight excluding hydrogens is 252 g/mol. The van der Waals surface area contributed by atoms with Gasteiger partial charge in [-0.2, -0.15) is 0 Å². The number of rotatable bonds is 2. The van der Waals surface area contributed by atoms with Crippen LogP contribution >= 0.6 is 11.8 Å². The third kappa shape index (κ3) is 1.87. The number of anilines is 1. The summed E-state index contributed by atoms with van der Waals surface area (Å²) >= 11 is 1.39. The van der Waals surface area contributed by atoms with E-state index in [1.54, 1.807) is 12.1 Å². The molecule has 0 aliphatic carbocycles. The molecular formula is C11H10N4O2S. The summed E-state index contributed by atoms with van der Waals surface area (Å²) in [4.78, 5) is 16.4. The molecule has 3 N–H and O–H groups in total. The first-order chi connectivity index (χ1) is 8.63. The normalized spacial score (nSPS) is 17.7. The average molecular weight is 262 g/mol. The Morgan fingerprint density at radius 3 is 3.00 bits per heavy atom. The highest BCUT2D eigenvalue weighted by Crippen LogP contribution is 2.35. The molecule has 0 radical (unpaired) electrons. The zero-order valence-corrected chi connectivity index (χ0v) is 10.3. The van der Waals surface area contributed by atoms with Crippen LogP contribution in [0.3, 0.4) is 0 Å². The zero-order valence-electron chi connectivity index (χ0n) is 9.47. The first kappa shape index (κ1) is 11.2. The lowest BCUT2D eigenvalue weighted by Gasteiger charge is -2.02. The summed E-state index contributed by atoms with van der Waals surface area (Å²) in [5.41, 5.74) is 1.25. The van der Waals surface area contributed by atoms with E-state index in [-0.39, 0.29) is 5.91 Å². The molecule has 1 aliphatic heterocycles. The van der Waals surface area contributed by atoms with Gasteiger partial charge in [-0.1, -0.05) is 6.07 Å². The lowest BCUT2D eigenvalue weighted by atomic mass is 10.1. The van der Waals surface area contributed by atoms with Crippen LogP contribution in [0.1, 0.15) is 17.5 Å². The summed E-state index contributed by atoms with van der Waals surface area (Å²) in [5.74, 6) is 0.364. The lowest BCUT2D eigenvalue weighted by Crippen LogP contribution is -2.10.